The summed E-state index contributed by atoms with van der Waals surface area (Å²) in [5.74, 6) is -0.198. The molecule has 6 nitrogen and oxygen atoms in total. The predicted molar refractivity (Wildman–Crippen MR) is 142 cm³/mol. The molecule has 0 aromatic heterocycles. The number of oxime groups is 1. The molecule has 7 heteroatoms. The fourth-order valence-corrected chi connectivity index (χ4v) is 4.27. The molecule has 0 spiro atoms. The first-order valence-electron chi connectivity index (χ1n) is 12.0. The van der Waals surface area contributed by atoms with Crippen LogP contribution in [0.15, 0.2) is 71.9 Å². The lowest BCUT2D eigenvalue weighted by Gasteiger charge is -2.36. The summed E-state index contributed by atoms with van der Waals surface area (Å²) in [7, 11) is 0. The van der Waals surface area contributed by atoms with Crippen LogP contribution >= 0.6 is 11.6 Å². The third-order valence-electron chi connectivity index (χ3n) is 6.49. The third kappa shape index (κ3) is 6.65. The molecule has 1 saturated heterocycles. The summed E-state index contributed by atoms with van der Waals surface area (Å²) in [6, 6.07) is 21.7. The van der Waals surface area contributed by atoms with E-state index in [1.165, 1.54) is 5.56 Å². The van der Waals surface area contributed by atoms with E-state index in [9.17, 15) is 4.79 Å². The zero-order chi connectivity index (χ0) is 25.7. The van der Waals surface area contributed by atoms with Crippen molar-refractivity contribution in [3.05, 3.63) is 99.6 Å². The standard InChI is InChI=1S/C29H31ClN2O4/c1-19-7-12-27(13-20(19)2)36-28(24-5-4-6-26(30)14-24)18-35-31-21(3)23-10-8-22(9-11-23)15-32-16-25(17-32)29(33)34/h4-14,25,28H,15-18H2,1-3H3,(H,33,34)/b31-21+. The molecule has 1 heterocycles. The summed E-state index contributed by atoms with van der Waals surface area (Å²) in [4.78, 5) is 18.8. The minimum atomic E-state index is -0.717. The molecule has 1 aliphatic heterocycles. The Morgan fingerprint density at radius 2 is 1.83 bits per heavy atom. The van der Waals surface area contributed by atoms with Crippen molar-refractivity contribution in [2.45, 2.75) is 33.4 Å². The topological polar surface area (TPSA) is 71.4 Å². The molecule has 1 fully saturated rings. The molecule has 1 atom stereocenters. The molecule has 0 aliphatic carbocycles. The number of halogens is 1. The van der Waals surface area contributed by atoms with Gasteiger partial charge in [-0.25, -0.2) is 0 Å². The second-order valence-corrected chi connectivity index (χ2v) is 9.74. The van der Waals surface area contributed by atoms with Gasteiger partial charge >= 0.3 is 5.97 Å². The first-order valence-corrected chi connectivity index (χ1v) is 12.4. The Hall–Kier alpha value is -3.35. The molecule has 1 N–H and O–H groups in total. The van der Waals surface area contributed by atoms with Gasteiger partial charge in [0, 0.05) is 24.7 Å². The molecule has 36 heavy (non-hydrogen) atoms. The van der Waals surface area contributed by atoms with E-state index in [2.05, 4.69) is 23.9 Å². The molecule has 0 radical (unpaired) electrons. The van der Waals surface area contributed by atoms with E-state index in [1.807, 2.05) is 73.7 Å². The molecule has 0 amide bonds. The molecule has 3 aromatic rings. The molecule has 4 rings (SSSR count). The number of hydrogen-bond acceptors (Lipinski definition) is 5. The van der Waals surface area contributed by atoms with E-state index in [0.29, 0.717) is 18.1 Å². The number of likely N-dealkylation sites (tertiary alicyclic amines) is 1. The SMILES string of the molecule is C/C(=N\OCC(Oc1ccc(C)c(C)c1)c1cccc(Cl)c1)c1ccc(CN2CC(C(=O)O)C2)cc1. The van der Waals surface area contributed by atoms with Gasteiger partial charge in [0.1, 0.15) is 5.75 Å². The summed E-state index contributed by atoms with van der Waals surface area (Å²) in [5.41, 5.74) is 6.13. The maximum Gasteiger partial charge on any atom is 0.309 e. The van der Waals surface area contributed by atoms with Crippen molar-refractivity contribution in [2.75, 3.05) is 19.7 Å². The van der Waals surface area contributed by atoms with Gasteiger partial charge < -0.3 is 14.7 Å². The van der Waals surface area contributed by atoms with E-state index in [1.54, 1.807) is 0 Å². The number of hydrogen-bond donors (Lipinski definition) is 1. The van der Waals surface area contributed by atoms with Crippen molar-refractivity contribution in [2.24, 2.45) is 11.1 Å². The van der Waals surface area contributed by atoms with Crippen LogP contribution in [0.1, 0.15) is 40.8 Å². The predicted octanol–water partition coefficient (Wildman–Crippen LogP) is 6.03. The number of carbonyl (C=O) groups is 1. The summed E-state index contributed by atoms with van der Waals surface area (Å²) < 4.78 is 6.28. The highest BCUT2D eigenvalue weighted by atomic mass is 35.5. The van der Waals surface area contributed by atoms with E-state index in [-0.39, 0.29) is 18.6 Å². The number of aliphatic carboxylic acids is 1. The largest absolute Gasteiger partial charge is 0.482 e. The molecule has 0 saturated carbocycles. The zero-order valence-electron chi connectivity index (χ0n) is 20.8. The Morgan fingerprint density at radius 3 is 2.50 bits per heavy atom. The van der Waals surface area contributed by atoms with Crippen molar-refractivity contribution in [1.82, 2.24) is 4.90 Å². The van der Waals surface area contributed by atoms with E-state index >= 15 is 0 Å². The van der Waals surface area contributed by atoms with Crippen LogP contribution < -0.4 is 4.74 Å². The van der Waals surface area contributed by atoms with Gasteiger partial charge in [-0.3, -0.25) is 9.69 Å². The van der Waals surface area contributed by atoms with Crippen LogP contribution in [0.2, 0.25) is 5.02 Å². The minimum absolute atomic E-state index is 0.225. The van der Waals surface area contributed by atoms with Crippen LogP contribution in [0.5, 0.6) is 5.75 Å². The Bertz CT molecular complexity index is 1240. The van der Waals surface area contributed by atoms with Gasteiger partial charge in [-0.15, -0.1) is 0 Å². The summed E-state index contributed by atoms with van der Waals surface area (Å²) in [6.07, 6.45) is -0.379. The van der Waals surface area contributed by atoms with Crippen LogP contribution in [0.3, 0.4) is 0 Å². The zero-order valence-corrected chi connectivity index (χ0v) is 21.5. The van der Waals surface area contributed by atoms with E-state index in [4.69, 9.17) is 26.3 Å². The van der Waals surface area contributed by atoms with Crippen molar-refractivity contribution in [3.63, 3.8) is 0 Å². The Kier molecular flexibility index (Phi) is 8.28. The smallest absolute Gasteiger partial charge is 0.309 e. The lowest BCUT2D eigenvalue weighted by molar-refractivity contribution is -0.147. The van der Waals surface area contributed by atoms with E-state index < -0.39 is 5.97 Å². The van der Waals surface area contributed by atoms with E-state index in [0.717, 1.165) is 40.3 Å². The molecule has 0 bridgehead atoms. The second-order valence-electron chi connectivity index (χ2n) is 9.31. The third-order valence-corrected chi connectivity index (χ3v) is 6.72. The second kappa shape index (κ2) is 11.6. The highest BCUT2D eigenvalue weighted by Gasteiger charge is 2.32. The quantitative estimate of drug-likeness (QED) is 0.268. The van der Waals surface area contributed by atoms with Gasteiger partial charge in [-0.2, -0.15) is 0 Å². The van der Waals surface area contributed by atoms with Crippen molar-refractivity contribution < 1.29 is 19.5 Å². The Labute approximate surface area is 217 Å². The summed E-state index contributed by atoms with van der Waals surface area (Å²) in [5, 5.41) is 14.0. The lowest BCUT2D eigenvalue weighted by Crippen LogP contribution is -2.49. The van der Waals surface area contributed by atoms with Crippen molar-refractivity contribution in [3.8, 4) is 5.75 Å². The monoisotopic (exact) mass is 506 g/mol. The van der Waals surface area contributed by atoms with Crippen molar-refractivity contribution >= 4 is 23.3 Å². The first kappa shape index (κ1) is 25.7. The lowest BCUT2D eigenvalue weighted by atomic mass is 9.99. The number of benzene rings is 3. The van der Waals surface area contributed by atoms with Gasteiger partial charge in [-0.05, 0) is 72.9 Å². The number of rotatable bonds is 10. The average Bonchev–Trinajstić information content (AvgIpc) is 2.82. The molecule has 188 valence electrons. The maximum atomic E-state index is 11.0. The number of carboxylic acids is 1. The van der Waals surface area contributed by atoms with Gasteiger partial charge in [-0.1, -0.05) is 59.2 Å². The maximum absolute atomic E-state index is 11.0. The highest BCUT2D eigenvalue weighted by molar-refractivity contribution is 6.30. The normalized spacial score (nSPS) is 15.3. The first-order chi connectivity index (χ1) is 17.3. The van der Waals surface area contributed by atoms with Crippen LogP contribution in [-0.2, 0) is 16.2 Å². The van der Waals surface area contributed by atoms with Gasteiger partial charge in [0.05, 0.1) is 11.6 Å². The summed E-state index contributed by atoms with van der Waals surface area (Å²) >= 11 is 6.23. The van der Waals surface area contributed by atoms with Crippen LogP contribution in [0, 0.1) is 19.8 Å². The Balaban J connectivity index is 1.38. The van der Waals surface area contributed by atoms with Crippen LogP contribution in [-0.4, -0.2) is 41.4 Å². The fourth-order valence-electron chi connectivity index (χ4n) is 4.08. The van der Waals surface area contributed by atoms with Crippen LogP contribution in [0.4, 0.5) is 0 Å². The molecular formula is C29H31ClN2O4. The average molecular weight is 507 g/mol. The van der Waals surface area contributed by atoms with Gasteiger partial charge in [0.25, 0.3) is 0 Å². The van der Waals surface area contributed by atoms with Gasteiger partial charge in [0.15, 0.2) is 12.7 Å². The minimum Gasteiger partial charge on any atom is -0.482 e. The van der Waals surface area contributed by atoms with Crippen molar-refractivity contribution in [1.29, 1.82) is 0 Å². The molecule has 1 unspecified atom stereocenters. The number of ether oxygens (including phenoxy) is 1. The molecule has 1 aliphatic rings. The molecular weight excluding hydrogens is 476 g/mol. The number of aryl methyl sites for hydroxylation is 2. The van der Waals surface area contributed by atoms with Gasteiger partial charge in [0.2, 0.25) is 0 Å². The van der Waals surface area contributed by atoms with Crippen LogP contribution in [0.25, 0.3) is 0 Å². The Morgan fingerprint density at radius 1 is 1.08 bits per heavy atom. The summed E-state index contributed by atoms with van der Waals surface area (Å²) in [6.45, 7) is 8.20. The molecule has 3 aromatic carbocycles. The highest BCUT2D eigenvalue weighted by Crippen LogP contribution is 2.26. The number of nitrogens with zero attached hydrogens (tertiary/aromatic N) is 2. The number of carboxylic acid groups (broad SMARTS) is 1. The fraction of sp³-hybridized carbons (Fsp3) is 0.310.